The fraction of sp³-hybridized carbons (Fsp3) is 0.150. The summed E-state index contributed by atoms with van der Waals surface area (Å²) >= 11 is 0. The predicted octanol–water partition coefficient (Wildman–Crippen LogP) is 3.67. The number of benzene rings is 1. The van der Waals surface area contributed by atoms with Crippen molar-refractivity contribution in [2.75, 3.05) is 13.6 Å². The highest BCUT2D eigenvalue weighted by Crippen LogP contribution is 2.29. The molecule has 0 aliphatic heterocycles. The van der Waals surface area contributed by atoms with E-state index in [1.807, 2.05) is 31.2 Å². The van der Waals surface area contributed by atoms with Crippen molar-refractivity contribution in [2.45, 2.75) is 6.92 Å². The lowest BCUT2D eigenvalue weighted by Crippen LogP contribution is -2.26. The zero-order valence-electron chi connectivity index (χ0n) is 14.7. The number of nitrogens with zero attached hydrogens (tertiary/aromatic N) is 3. The van der Waals surface area contributed by atoms with E-state index in [1.165, 1.54) is 0 Å². The van der Waals surface area contributed by atoms with Crippen LogP contribution in [0.15, 0.2) is 49.2 Å². The second-order valence-corrected chi connectivity index (χ2v) is 6.34. The summed E-state index contributed by atoms with van der Waals surface area (Å²) in [7, 11) is 1.77. The summed E-state index contributed by atoms with van der Waals surface area (Å²) in [5.74, 6) is 0.798. The third-order valence-electron chi connectivity index (χ3n) is 4.41. The van der Waals surface area contributed by atoms with Crippen molar-refractivity contribution in [3.8, 4) is 11.3 Å². The number of fused-ring (bicyclic) bond motifs is 2. The smallest absolute Gasteiger partial charge is 0.253 e. The van der Waals surface area contributed by atoms with Gasteiger partial charge >= 0.3 is 0 Å². The second kappa shape index (κ2) is 6.15. The summed E-state index contributed by atoms with van der Waals surface area (Å²) in [4.78, 5) is 29.5. The number of carbonyl (C=O) groups excluding carboxylic acids is 1. The van der Waals surface area contributed by atoms with Crippen molar-refractivity contribution in [1.29, 1.82) is 0 Å². The summed E-state index contributed by atoms with van der Waals surface area (Å²) in [6.45, 7) is 6.10. The molecule has 130 valence electrons. The first kappa shape index (κ1) is 16.1. The van der Waals surface area contributed by atoms with E-state index in [0.29, 0.717) is 12.1 Å². The van der Waals surface area contributed by atoms with Crippen molar-refractivity contribution in [1.82, 2.24) is 24.8 Å². The standard InChI is InChI=1S/C20H19N5O/c1-4-9-25(3)20(26)14-6-5-13-10-17(24-16(13)11-14)15-7-8-21-19-18(15)22-12(2)23-19/h4-8,10-11,24H,1,9H2,2-3H3,(H,21,22,23). The molecule has 0 aliphatic carbocycles. The Balaban J connectivity index is 1.78. The monoisotopic (exact) mass is 345 g/mol. The number of rotatable bonds is 4. The van der Waals surface area contributed by atoms with Crippen LogP contribution in [0.5, 0.6) is 0 Å². The molecule has 0 unspecified atom stereocenters. The molecule has 6 nitrogen and oxygen atoms in total. The molecule has 0 fully saturated rings. The Labute approximate surface area is 150 Å². The van der Waals surface area contributed by atoms with Gasteiger partial charge in [0.25, 0.3) is 5.91 Å². The van der Waals surface area contributed by atoms with Gasteiger partial charge in [0.2, 0.25) is 0 Å². The topological polar surface area (TPSA) is 77.7 Å². The number of aromatic nitrogens is 4. The maximum absolute atomic E-state index is 12.5. The van der Waals surface area contributed by atoms with Crippen LogP contribution in [-0.2, 0) is 0 Å². The Morgan fingerprint density at radius 2 is 2.12 bits per heavy atom. The number of imidazole rings is 1. The van der Waals surface area contributed by atoms with Crippen LogP contribution in [0.3, 0.4) is 0 Å². The molecule has 0 saturated heterocycles. The largest absolute Gasteiger partial charge is 0.354 e. The van der Waals surface area contributed by atoms with Crippen molar-refractivity contribution in [3.05, 3.63) is 60.6 Å². The molecule has 1 aromatic carbocycles. The molecule has 4 aromatic rings. The number of H-pyrrole nitrogens is 2. The molecule has 1 amide bonds. The van der Waals surface area contributed by atoms with E-state index in [4.69, 9.17) is 0 Å². The van der Waals surface area contributed by atoms with Gasteiger partial charge in [-0.3, -0.25) is 4.79 Å². The summed E-state index contributed by atoms with van der Waals surface area (Å²) in [5, 5.41) is 1.04. The summed E-state index contributed by atoms with van der Waals surface area (Å²) in [6, 6.07) is 9.70. The van der Waals surface area contributed by atoms with Crippen LogP contribution in [-0.4, -0.2) is 44.3 Å². The van der Waals surface area contributed by atoms with E-state index in [9.17, 15) is 4.79 Å². The quantitative estimate of drug-likeness (QED) is 0.554. The van der Waals surface area contributed by atoms with Crippen LogP contribution in [0.25, 0.3) is 33.3 Å². The minimum Gasteiger partial charge on any atom is -0.354 e. The second-order valence-electron chi connectivity index (χ2n) is 6.34. The van der Waals surface area contributed by atoms with Crippen molar-refractivity contribution in [3.63, 3.8) is 0 Å². The molecule has 0 aliphatic rings. The van der Waals surface area contributed by atoms with E-state index >= 15 is 0 Å². The number of hydrogen-bond donors (Lipinski definition) is 2. The van der Waals surface area contributed by atoms with Gasteiger partial charge < -0.3 is 14.9 Å². The highest BCUT2D eigenvalue weighted by molar-refractivity contribution is 6.00. The highest BCUT2D eigenvalue weighted by Gasteiger charge is 2.14. The fourth-order valence-corrected chi connectivity index (χ4v) is 3.15. The van der Waals surface area contributed by atoms with E-state index < -0.39 is 0 Å². The van der Waals surface area contributed by atoms with Crippen molar-refractivity contribution < 1.29 is 4.79 Å². The number of amides is 1. The summed E-state index contributed by atoms with van der Waals surface area (Å²) < 4.78 is 0. The molecule has 2 N–H and O–H groups in total. The van der Waals surface area contributed by atoms with Crippen molar-refractivity contribution in [2.24, 2.45) is 0 Å². The number of nitrogens with one attached hydrogen (secondary N) is 2. The third-order valence-corrected chi connectivity index (χ3v) is 4.41. The van der Waals surface area contributed by atoms with E-state index in [0.717, 1.165) is 39.1 Å². The maximum atomic E-state index is 12.5. The first-order valence-electron chi connectivity index (χ1n) is 8.37. The Kier molecular flexibility index (Phi) is 3.80. The predicted molar refractivity (Wildman–Crippen MR) is 103 cm³/mol. The molecule has 0 radical (unpaired) electrons. The van der Waals surface area contributed by atoms with Crippen LogP contribution in [0.4, 0.5) is 0 Å². The SMILES string of the molecule is C=CCN(C)C(=O)c1ccc2cc(-c3ccnc4[nH]c(C)nc34)[nH]c2c1. The van der Waals surface area contributed by atoms with E-state index in [1.54, 1.807) is 24.2 Å². The number of aromatic amines is 2. The van der Waals surface area contributed by atoms with Crippen molar-refractivity contribution >= 4 is 28.0 Å². The molecular weight excluding hydrogens is 326 g/mol. The third kappa shape index (κ3) is 2.65. The fourth-order valence-electron chi connectivity index (χ4n) is 3.15. The average Bonchev–Trinajstić information content (AvgIpc) is 3.22. The highest BCUT2D eigenvalue weighted by atomic mass is 16.2. The van der Waals surface area contributed by atoms with Gasteiger partial charge in [0, 0.05) is 47.5 Å². The molecular formula is C20H19N5O. The van der Waals surface area contributed by atoms with Crippen LogP contribution in [0.2, 0.25) is 0 Å². The van der Waals surface area contributed by atoms with Gasteiger partial charge in [-0.05, 0) is 31.2 Å². The van der Waals surface area contributed by atoms with Gasteiger partial charge in [0.15, 0.2) is 5.65 Å². The Hall–Kier alpha value is -3.41. The first-order valence-corrected chi connectivity index (χ1v) is 8.37. The lowest BCUT2D eigenvalue weighted by atomic mass is 10.1. The van der Waals surface area contributed by atoms with Gasteiger partial charge in [-0.25, -0.2) is 9.97 Å². The molecule has 4 rings (SSSR count). The molecule has 3 aromatic heterocycles. The molecule has 3 heterocycles. The minimum atomic E-state index is -0.0304. The number of likely N-dealkylation sites (N-methyl/N-ethyl adjacent to an activating group) is 1. The van der Waals surface area contributed by atoms with Gasteiger partial charge in [-0.2, -0.15) is 0 Å². The zero-order valence-corrected chi connectivity index (χ0v) is 14.7. The van der Waals surface area contributed by atoms with Gasteiger partial charge in [0.05, 0.1) is 0 Å². The normalized spacial score (nSPS) is 11.2. The Bertz CT molecular complexity index is 1140. The molecule has 0 spiro atoms. The molecule has 0 bridgehead atoms. The lowest BCUT2D eigenvalue weighted by molar-refractivity contribution is 0.0810. The lowest BCUT2D eigenvalue weighted by Gasteiger charge is -2.14. The van der Waals surface area contributed by atoms with Gasteiger partial charge in [-0.1, -0.05) is 12.1 Å². The van der Waals surface area contributed by atoms with Gasteiger partial charge in [0.1, 0.15) is 11.3 Å². The number of carbonyl (C=O) groups is 1. The summed E-state index contributed by atoms with van der Waals surface area (Å²) in [5.41, 5.74) is 5.08. The molecule has 26 heavy (non-hydrogen) atoms. The first-order chi connectivity index (χ1) is 12.6. The number of aryl methyl sites for hydroxylation is 1. The summed E-state index contributed by atoms with van der Waals surface area (Å²) in [6.07, 6.45) is 3.48. The van der Waals surface area contributed by atoms with Gasteiger partial charge in [-0.15, -0.1) is 6.58 Å². The number of hydrogen-bond acceptors (Lipinski definition) is 3. The van der Waals surface area contributed by atoms with Crippen LogP contribution in [0, 0.1) is 6.92 Å². The van der Waals surface area contributed by atoms with Crippen LogP contribution in [0.1, 0.15) is 16.2 Å². The van der Waals surface area contributed by atoms with Crippen LogP contribution < -0.4 is 0 Å². The number of pyridine rings is 1. The molecule has 0 atom stereocenters. The molecule has 6 heteroatoms. The zero-order chi connectivity index (χ0) is 18.3. The average molecular weight is 345 g/mol. The minimum absolute atomic E-state index is 0.0304. The Morgan fingerprint density at radius 1 is 1.27 bits per heavy atom. The van der Waals surface area contributed by atoms with E-state index in [-0.39, 0.29) is 5.91 Å². The molecule has 0 saturated carbocycles. The van der Waals surface area contributed by atoms with Crippen LogP contribution >= 0.6 is 0 Å². The maximum Gasteiger partial charge on any atom is 0.253 e. The Morgan fingerprint density at radius 3 is 2.92 bits per heavy atom. The van der Waals surface area contributed by atoms with E-state index in [2.05, 4.69) is 32.6 Å².